The highest BCUT2D eigenvalue weighted by Crippen LogP contribution is 2.48. The monoisotopic (exact) mass is 726 g/mol. The fraction of sp³-hybridized carbons (Fsp3) is 0.383. The molecule has 7 nitrogen and oxygen atoms in total. The van der Waals surface area contributed by atoms with Crippen LogP contribution in [0.3, 0.4) is 0 Å². The highest BCUT2D eigenvalue weighted by molar-refractivity contribution is 6.03. The highest BCUT2D eigenvalue weighted by atomic mass is 16.5. The van der Waals surface area contributed by atoms with Gasteiger partial charge < -0.3 is 19.7 Å². The van der Waals surface area contributed by atoms with Gasteiger partial charge in [-0.05, 0) is 120 Å². The molecule has 0 fully saturated rings. The Labute approximate surface area is 321 Å². The van der Waals surface area contributed by atoms with Gasteiger partial charge in [-0.3, -0.25) is 9.59 Å². The first-order valence-corrected chi connectivity index (χ1v) is 19.6. The average Bonchev–Trinajstić information content (AvgIpc) is 3.51. The molecular weight excluding hydrogens is 671 g/mol. The second kappa shape index (κ2) is 16.1. The number of benzene rings is 3. The van der Waals surface area contributed by atoms with Gasteiger partial charge in [0.2, 0.25) is 11.6 Å². The number of nitrogens with one attached hydrogen (secondary N) is 1. The van der Waals surface area contributed by atoms with E-state index in [1.807, 2.05) is 24.3 Å². The molecule has 0 spiro atoms. The summed E-state index contributed by atoms with van der Waals surface area (Å²) in [4.78, 5) is 26.9. The van der Waals surface area contributed by atoms with Gasteiger partial charge in [-0.15, -0.1) is 0 Å². The van der Waals surface area contributed by atoms with Gasteiger partial charge in [-0.1, -0.05) is 56.3 Å². The molecule has 1 amide bonds. The van der Waals surface area contributed by atoms with Crippen LogP contribution >= 0.6 is 0 Å². The van der Waals surface area contributed by atoms with Gasteiger partial charge >= 0.3 is 5.97 Å². The van der Waals surface area contributed by atoms with Gasteiger partial charge in [0.05, 0.1) is 17.9 Å². The van der Waals surface area contributed by atoms with Crippen LogP contribution in [0, 0.1) is 0 Å². The fourth-order valence-corrected chi connectivity index (χ4v) is 8.16. The molecule has 0 saturated heterocycles. The normalized spacial score (nSPS) is 18.9. The van der Waals surface area contributed by atoms with E-state index in [-0.39, 0.29) is 41.7 Å². The molecule has 3 aliphatic rings. The number of amides is 1. The van der Waals surface area contributed by atoms with E-state index < -0.39 is 0 Å². The summed E-state index contributed by atoms with van der Waals surface area (Å²) in [5.41, 5.74) is 10.5. The van der Waals surface area contributed by atoms with Crippen LogP contribution in [0.25, 0.3) is 0 Å². The van der Waals surface area contributed by atoms with E-state index in [2.05, 4.69) is 129 Å². The van der Waals surface area contributed by atoms with E-state index >= 15 is 0 Å². The average molecular weight is 727 g/mol. The highest BCUT2D eigenvalue weighted by Gasteiger charge is 2.43. The van der Waals surface area contributed by atoms with E-state index in [4.69, 9.17) is 9.47 Å². The molecule has 0 aromatic heterocycles. The summed E-state index contributed by atoms with van der Waals surface area (Å²) in [5, 5.41) is 2.90. The molecule has 3 aromatic rings. The lowest BCUT2D eigenvalue weighted by molar-refractivity contribution is -0.433. The van der Waals surface area contributed by atoms with E-state index in [1.54, 1.807) is 13.8 Å². The first kappa shape index (κ1) is 38.6. The summed E-state index contributed by atoms with van der Waals surface area (Å²) in [5.74, 6) is 0.955. The van der Waals surface area contributed by atoms with Crippen molar-refractivity contribution in [3.8, 4) is 5.75 Å². The predicted octanol–water partition coefficient (Wildman–Crippen LogP) is 10.5. The summed E-state index contributed by atoms with van der Waals surface area (Å²) in [6, 6.07) is 24.9. The Bertz CT molecular complexity index is 2060. The van der Waals surface area contributed by atoms with Crippen LogP contribution in [0.5, 0.6) is 5.75 Å². The molecule has 3 aromatic carbocycles. The summed E-state index contributed by atoms with van der Waals surface area (Å²) < 4.78 is 14.4. The van der Waals surface area contributed by atoms with Crippen molar-refractivity contribution in [1.82, 2.24) is 0 Å². The molecule has 0 saturated carbocycles. The maximum atomic E-state index is 12.6. The number of hydrogen-bond donors (Lipinski definition) is 1. The van der Waals surface area contributed by atoms with E-state index in [1.165, 1.54) is 33.9 Å². The van der Waals surface area contributed by atoms with Crippen molar-refractivity contribution in [2.24, 2.45) is 0 Å². The lowest BCUT2D eigenvalue weighted by Gasteiger charge is -2.26. The van der Waals surface area contributed by atoms with Gasteiger partial charge in [0, 0.05) is 53.2 Å². The van der Waals surface area contributed by atoms with Crippen molar-refractivity contribution >= 4 is 34.7 Å². The molecule has 282 valence electrons. The van der Waals surface area contributed by atoms with Gasteiger partial charge in [-0.2, -0.15) is 4.58 Å². The van der Waals surface area contributed by atoms with Gasteiger partial charge in [0.25, 0.3) is 0 Å². The molecule has 54 heavy (non-hydrogen) atoms. The van der Waals surface area contributed by atoms with Crippen molar-refractivity contribution in [3.05, 3.63) is 131 Å². The summed E-state index contributed by atoms with van der Waals surface area (Å²) in [7, 11) is 0. The molecule has 6 rings (SSSR count). The van der Waals surface area contributed by atoms with Crippen LogP contribution in [0.2, 0.25) is 0 Å². The Morgan fingerprint density at radius 3 is 2.26 bits per heavy atom. The van der Waals surface area contributed by atoms with Crippen LogP contribution in [0.1, 0.15) is 98.6 Å². The minimum Gasteiger partial charge on any atom is -0.463 e. The first-order chi connectivity index (χ1) is 25.8. The minimum absolute atomic E-state index is 0.0403. The van der Waals surface area contributed by atoms with E-state index in [9.17, 15) is 9.59 Å². The number of esters is 1. The largest absolute Gasteiger partial charge is 0.463 e. The topological polar surface area (TPSA) is 70.9 Å². The third kappa shape index (κ3) is 7.87. The Hall–Kier alpha value is -5.17. The fourth-order valence-electron chi connectivity index (χ4n) is 8.16. The van der Waals surface area contributed by atoms with E-state index in [0.717, 1.165) is 49.3 Å². The second-order valence-electron chi connectivity index (χ2n) is 15.7. The second-order valence-corrected chi connectivity index (χ2v) is 15.7. The zero-order chi connectivity index (χ0) is 38.6. The number of nitrogens with zero attached hydrogens (tertiary/aromatic N) is 2. The van der Waals surface area contributed by atoms with Crippen LogP contribution < -0.4 is 15.0 Å². The van der Waals surface area contributed by atoms with Crippen molar-refractivity contribution < 1.29 is 23.6 Å². The molecule has 1 N–H and O–H groups in total. The third-order valence-electron chi connectivity index (χ3n) is 10.9. The van der Waals surface area contributed by atoms with Gasteiger partial charge in [-0.25, -0.2) is 0 Å². The summed E-state index contributed by atoms with van der Waals surface area (Å²) in [6.45, 7) is 19.0. The number of para-hydroxylation sites is 2. The number of hydrogen-bond acceptors (Lipinski definition) is 5. The summed E-state index contributed by atoms with van der Waals surface area (Å²) in [6.07, 6.45) is 11.9. The molecule has 1 aliphatic carbocycles. The van der Waals surface area contributed by atoms with Crippen LogP contribution in [-0.2, 0) is 25.2 Å². The van der Waals surface area contributed by atoms with Crippen molar-refractivity contribution in [2.75, 3.05) is 23.3 Å². The third-order valence-corrected chi connectivity index (χ3v) is 10.9. The maximum absolute atomic E-state index is 12.6. The van der Waals surface area contributed by atoms with Crippen LogP contribution in [0.4, 0.5) is 17.1 Å². The van der Waals surface area contributed by atoms with Crippen molar-refractivity contribution in [2.45, 2.75) is 104 Å². The smallest absolute Gasteiger partial charge is 0.306 e. The first-order valence-electron chi connectivity index (χ1n) is 19.6. The number of carbonyl (C=O) groups excluding carboxylic acids is 2. The molecule has 0 radical (unpaired) electrons. The Kier molecular flexibility index (Phi) is 11.5. The number of likely N-dealkylation sites (N-methyl/N-ethyl adjacent to an activating group) is 1. The van der Waals surface area contributed by atoms with Crippen LogP contribution in [-0.4, -0.2) is 41.4 Å². The lowest BCUT2D eigenvalue weighted by atomic mass is 9.81. The molecule has 7 heteroatoms. The van der Waals surface area contributed by atoms with Gasteiger partial charge in [0.15, 0.2) is 5.71 Å². The number of rotatable bonds is 12. The molecule has 0 bridgehead atoms. The standard InChI is InChI=1S/C47H55N3O4/c1-9-49-39-20-13-11-18-37(39)46(5,6)41(49)28-22-33-16-15-17-34(23-29-42-47(7,8)38-19-12-14-21-40(38)50(42)10-2)45(33)54-36-26-24-35(25-27-36)48-43(51)30-31-44(52)53-32(3)4/h11-14,18-29,32H,9-10,15-17,30-31H2,1-8H3/p+1. The van der Waals surface area contributed by atoms with E-state index in [0.29, 0.717) is 11.4 Å². The number of carbonyl (C=O) groups is 2. The Balaban J connectivity index is 1.33. The minimum atomic E-state index is -0.376. The lowest BCUT2D eigenvalue weighted by Crippen LogP contribution is -2.27. The quantitative estimate of drug-likeness (QED) is 0.149. The molecule has 0 atom stereocenters. The SMILES string of the molecule is CCN1/C(=C/C=C2\CCCC(/C=C/C3=[N+](CC)c4ccccc4C3(C)C)=C2Oc2ccc(NC(=O)CCC(=O)OC(C)C)cc2)C(C)(C)c2ccccc21. The Morgan fingerprint density at radius 2 is 1.56 bits per heavy atom. The molecule has 2 aliphatic heterocycles. The number of fused-ring (bicyclic) bond motifs is 2. The van der Waals surface area contributed by atoms with Crippen molar-refractivity contribution in [3.63, 3.8) is 0 Å². The Morgan fingerprint density at radius 1 is 0.852 bits per heavy atom. The number of anilines is 2. The number of allylic oxidation sites excluding steroid dienone is 7. The zero-order valence-corrected chi connectivity index (χ0v) is 33.3. The molecule has 0 unspecified atom stereocenters. The van der Waals surface area contributed by atoms with Crippen molar-refractivity contribution in [1.29, 1.82) is 0 Å². The van der Waals surface area contributed by atoms with Gasteiger partial charge in [0.1, 0.15) is 18.1 Å². The molecular formula is C47H56N3O4+. The number of ether oxygens (including phenoxy) is 2. The molecule has 2 heterocycles. The maximum Gasteiger partial charge on any atom is 0.306 e. The zero-order valence-electron chi connectivity index (χ0n) is 33.3. The summed E-state index contributed by atoms with van der Waals surface area (Å²) >= 11 is 0. The van der Waals surface area contributed by atoms with Crippen LogP contribution in [0.15, 0.2) is 120 Å². The predicted molar refractivity (Wildman–Crippen MR) is 220 cm³/mol.